The Labute approximate surface area is 148 Å². The molecule has 0 aromatic heterocycles. The quantitative estimate of drug-likeness (QED) is 0.831. The maximum Gasteiger partial charge on any atom is 0.251 e. The highest BCUT2D eigenvalue weighted by atomic mass is 32.2. The van der Waals surface area contributed by atoms with E-state index in [1.54, 1.807) is 18.2 Å². The van der Waals surface area contributed by atoms with Gasteiger partial charge in [0.2, 0.25) is 15.9 Å². The smallest absolute Gasteiger partial charge is 0.251 e. The highest BCUT2D eigenvalue weighted by Crippen LogP contribution is 2.34. The van der Waals surface area contributed by atoms with E-state index in [0.717, 1.165) is 5.56 Å². The zero-order valence-electron chi connectivity index (χ0n) is 15.2. The summed E-state index contributed by atoms with van der Waals surface area (Å²) < 4.78 is 25.2. The van der Waals surface area contributed by atoms with Crippen LogP contribution < -0.4 is 14.9 Å². The third-order valence-corrected chi connectivity index (χ3v) is 5.05. The summed E-state index contributed by atoms with van der Waals surface area (Å²) in [6.45, 7) is 7.31. The largest absolute Gasteiger partial charge is 0.350 e. The number of sulfonamides is 1. The fraction of sp³-hybridized carbons (Fsp3) is 0.529. The Balaban J connectivity index is 2.09. The van der Waals surface area contributed by atoms with Crippen LogP contribution in [0, 0.1) is 0 Å². The summed E-state index contributed by atoms with van der Waals surface area (Å²) in [7, 11) is -3.36. The second-order valence-electron chi connectivity index (χ2n) is 7.44. The van der Waals surface area contributed by atoms with Crippen LogP contribution in [0.1, 0.15) is 43.6 Å². The fourth-order valence-electron chi connectivity index (χ4n) is 2.97. The van der Waals surface area contributed by atoms with Gasteiger partial charge < -0.3 is 10.6 Å². The molecule has 1 aromatic rings. The minimum absolute atomic E-state index is 0.112. The van der Waals surface area contributed by atoms with Gasteiger partial charge >= 0.3 is 0 Å². The summed E-state index contributed by atoms with van der Waals surface area (Å²) in [6, 6.07) is 4.73. The number of amides is 2. The summed E-state index contributed by atoms with van der Waals surface area (Å²) >= 11 is 0. The molecular formula is C17H25N3O4S. The summed E-state index contributed by atoms with van der Waals surface area (Å²) in [5.74, 6) is -0.629. The van der Waals surface area contributed by atoms with E-state index < -0.39 is 10.0 Å². The molecule has 1 aromatic carbocycles. The van der Waals surface area contributed by atoms with Gasteiger partial charge in [-0.25, -0.2) is 8.42 Å². The second kappa shape index (κ2) is 6.67. The maximum absolute atomic E-state index is 12.3. The molecule has 25 heavy (non-hydrogen) atoms. The molecule has 0 saturated carbocycles. The van der Waals surface area contributed by atoms with Crippen molar-refractivity contribution >= 4 is 27.5 Å². The van der Waals surface area contributed by atoms with E-state index >= 15 is 0 Å². The van der Waals surface area contributed by atoms with Crippen LogP contribution in [0.5, 0.6) is 0 Å². The Hall–Kier alpha value is -2.09. The SMILES string of the molecule is C[C@H]1Cc2cc(C(=O)NCC(=O)NC(C)(C)C)ccc2N1S(C)(=O)=O. The Morgan fingerprint density at radius 2 is 1.92 bits per heavy atom. The number of carbonyl (C=O) groups is 2. The molecule has 0 spiro atoms. The third kappa shape index (κ3) is 4.72. The van der Waals surface area contributed by atoms with Crippen molar-refractivity contribution in [1.29, 1.82) is 0 Å². The van der Waals surface area contributed by atoms with Crippen LogP contribution in [0.4, 0.5) is 5.69 Å². The zero-order chi connectivity index (χ0) is 19.0. The molecule has 2 amide bonds. The molecule has 7 nitrogen and oxygen atoms in total. The van der Waals surface area contributed by atoms with Crippen molar-refractivity contribution in [2.45, 2.75) is 45.7 Å². The van der Waals surface area contributed by atoms with E-state index in [2.05, 4.69) is 10.6 Å². The van der Waals surface area contributed by atoms with E-state index in [-0.39, 0.29) is 29.9 Å². The Bertz CT molecular complexity index is 797. The van der Waals surface area contributed by atoms with Crippen molar-refractivity contribution in [3.63, 3.8) is 0 Å². The highest BCUT2D eigenvalue weighted by molar-refractivity contribution is 7.92. The number of carbonyl (C=O) groups excluding carboxylic acids is 2. The van der Waals surface area contributed by atoms with E-state index in [1.165, 1.54) is 10.6 Å². The number of nitrogens with one attached hydrogen (secondary N) is 2. The predicted octanol–water partition coefficient (Wildman–Crippen LogP) is 1.04. The number of fused-ring (bicyclic) bond motifs is 1. The van der Waals surface area contributed by atoms with Gasteiger partial charge in [0.1, 0.15) is 0 Å². The number of anilines is 1. The van der Waals surface area contributed by atoms with Gasteiger partial charge in [-0.3, -0.25) is 13.9 Å². The number of rotatable bonds is 4. The molecule has 0 fully saturated rings. The van der Waals surface area contributed by atoms with Crippen molar-refractivity contribution in [2.24, 2.45) is 0 Å². The van der Waals surface area contributed by atoms with Crippen LogP contribution in [0.25, 0.3) is 0 Å². The first-order valence-electron chi connectivity index (χ1n) is 8.10. The standard InChI is InChI=1S/C17H25N3O4S/c1-11-8-13-9-12(6-7-14(13)20(11)25(5,23)24)16(22)18-10-15(21)19-17(2,3)4/h6-7,9,11H,8,10H2,1-5H3,(H,18,22)(H,19,21)/t11-/m0/s1. The van der Waals surface area contributed by atoms with Crippen LogP contribution in [-0.4, -0.2) is 44.6 Å². The molecule has 1 aliphatic heterocycles. The van der Waals surface area contributed by atoms with Crippen molar-refractivity contribution in [3.05, 3.63) is 29.3 Å². The lowest BCUT2D eigenvalue weighted by Gasteiger charge is -2.22. The normalized spacial score (nSPS) is 17.2. The van der Waals surface area contributed by atoms with Crippen molar-refractivity contribution in [3.8, 4) is 0 Å². The van der Waals surface area contributed by atoms with Gasteiger partial charge in [0.05, 0.1) is 18.5 Å². The summed E-state index contributed by atoms with van der Waals surface area (Å²) in [4.78, 5) is 24.0. The summed E-state index contributed by atoms with van der Waals surface area (Å²) in [6.07, 6.45) is 1.72. The van der Waals surface area contributed by atoms with Gasteiger partial charge in [-0.15, -0.1) is 0 Å². The van der Waals surface area contributed by atoms with E-state index in [9.17, 15) is 18.0 Å². The molecule has 138 valence electrons. The number of hydrogen-bond donors (Lipinski definition) is 2. The maximum atomic E-state index is 12.3. The topological polar surface area (TPSA) is 95.6 Å². The van der Waals surface area contributed by atoms with Crippen molar-refractivity contribution in [1.82, 2.24) is 10.6 Å². The molecule has 0 bridgehead atoms. The molecule has 0 radical (unpaired) electrons. The minimum atomic E-state index is -3.36. The monoisotopic (exact) mass is 367 g/mol. The molecule has 2 N–H and O–H groups in total. The molecule has 1 aliphatic rings. The molecular weight excluding hydrogens is 342 g/mol. The van der Waals surface area contributed by atoms with Gasteiger partial charge in [0.15, 0.2) is 0 Å². The van der Waals surface area contributed by atoms with Crippen molar-refractivity contribution < 1.29 is 18.0 Å². The lowest BCUT2D eigenvalue weighted by molar-refractivity contribution is -0.121. The highest BCUT2D eigenvalue weighted by Gasteiger charge is 2.32. The minimum Gasteiger partial charge on any atom is -0.350 e. The van der Waals surface area contributed by atoms with Gasteiger partial charge in [-0.1, -0.05) is 0 Å². The molecule has 0 unspecified atom stereocenters. The summed E-state index contributed by atoms with van der Waals surface area (Å²) in [5.41, 5.74) is 1.47. The molecule has 0 saturated heterocycles. The molecule has 1 atom stereocenters. The van der Waals surface area contributed by atoms with Gasteiger partial charge in [-0.2, -0.15) is 0 Å². The molecule has 2 rings (SSSR count). The average Bonchev–Trinajstić information content (AvgIpc) is 2.77. The number of hydrogen-bond acceptors (Lipinski definition) is 4. The Kier molecular flexibility index (Phi) is 5.13. The predicted molar refractivity (Wildman–Crippen MR) is 97.2 cm³/mol. The number of benzene rings is 1. The first kappa shape index (κ1) is 19.2. The van der Waals surface area contributed by atoms with Crippen LogP contribution in [0.2, 0.25) is 0 Å². The molecule has 1 heterocycles. The van der Waals surface area contributed by atoms with Gasteiger partial charge in [-0.05, 0) is 57.9 Å². The van der Waals surface area contributed by atoms with Crippen LogP contribution in [0.15, 0.2) is 18.2 Å². The lowest BCUT2D eigenvalue weighted by atomic mass is 10.1. The zero-order valence-corrected chi connectivity index (χ0v) is 16.0. The van der Waals surface area contributed by atoms with Gasteiger partial charge in [0, 0.05) is 17.1 Å². The number of nitrogens with zero attached hydrogens (tertiary/aromatic N) is 1. The van der Waals surface area contributed by atoms with Crippen LogP contribution in [-0.2, 0) is 21.2 Å². The van der Waals surface area contributed by atoms with E-state index in [1.807, 2.05) is 27.7 Å². The third-order valence-electron chi connectivity index (χ3n) is 3.78. The average molecular weight is 367 g/mol. The van der Waals surface area contributed by atoms with E-state index in [0.29, 0.717) is 17.7 Å². The van der Waals surface area contributed by atoms with Crippen LogP contribution in [0.3, 0.4) is 0 Å². The van der Waals surface area contributed by atoms with E-state index in [4.69, 9.17) is 0 Å². The second-order valence-corrected chi connectivity index (χ2v) is 9.30. The molecule has 0 aliphatic carbocycles. The Morgan fingerprint density at radius 3 is 2.48 bits per heavy atom. The first-order chi connectivity index (χ1) is 11.4. The Morgan fingerprint density at radius 1 is 1.28 bits per heavy atom. The fourth-order valence-corrected chi connectivity index (χ4v) is 4.24. The first-order valence-corrected chi connectivity index (χ1v) is 9.95. The van der Waals surface area contributed by atoms with Crippen LogP contribution >= 0.6 is 0 Å². The lowest BCUT2D eigenvalue weighted by Crippen LogP contribution is -2.45. The summed E-state index contributed by atoms with van der Waals surface area (Å²) in [5, 5.41) is 5.35. The van der Waals surface area contributed by atoms with Crippen molar-refractivity contribution in [2.75, 3.05) is 17.1 Å². The molecule has 8 heteroatoms. The van der Waals surface area contributed by atoms with Gasteiger partial charge in [0.25, 0.3) is 5.91 Å².